The molecule has 68 valence electrons. The maximum absolute atomic E-state index is 11.0. The van der Waals surface area contributed by atoms with Crippen LogP contribution >= 0.6 is 0 Å². The average molecular weight is 171 g/mol. The van der Waals surface area contributed by atoms with Gasteiger partial charge < -0.3 is 9.64 Å². The fourth-order valence-electron chi connectivity index (χ4n) is 1.38. The van der Waals surface area contributed by atoms with Crippen LogP contribution < -0.4 is 0 Å². The van der Waals surface area contributed by atoms with Gasteiger partial charge in [-0.3, -0.25) is 9.59 Å². The van der Waals surface area contributed by atoms with Crippen molar-refractivity contribution in [3.05, 3.63) is 0 Å². The van der Waals surface area contributed by atoms with Crippen molar-refractivity contribution < 1.29 is 14.3 Å². The van der Waals surface area contributed by atoms with Crippen LogP contribution in [0.4, 0.5) is 0 Å². The molecule has 0 radical (unpaired) electrons. The first-order chi connectivity index (χ1) is 5.65. The molecule has 0 spiro atoms. The summed E-state index contributed by atoms with van der Waals surface area (Å²) < 4.78 is 4.52. The van der Waals surface area contributed by atoms with Crippen LogP contribution in [0.5, 0.6) is 0 Å². The van der Waals surface area contributed by atoms with E-state index in [4.69, 9.17) is 0 Å². The number of carbonyl (C=O) groups excluding carboxylic acids is 2. The summed E-state index contributed by atoms with van der Waals surface area (Å²) in [5, 5.41) is 0. The van der Waals surface area contributed by atoms with E-state index < -0.39 is 0 Å². The maximum Gasteiger partial charge on any atom is 0.307 e. The minimum absolute atomic E-state index is 0.0462. The van der Waals surface area contributed by atoms with Gasteiger partial charge in [-0.2, -0.15) is 0 Å². The molecule has 0 N–H and O–H groups in total. The van der Waals surface area contributed by atoms with Gasteiger partial charge in [-0.15, -0.1) is 0 Å². The predicted octanol–water partition coefficient (Wildman–Crippen LogP) is 0.170. The molecule has 1 heterocycles. The number of likely N-dealkylation sites (tertiary alicyclic amines) is 1. The Morgan fingerprint density at radius 3 is 2.83 bits per heavy atom. The lowest BCUT2D eigenvalue weighted by atomic mass is 10.1. The van der Waals surface area contributed by atoms with E-state index in [9.17, 15) is 9.59 Å². The second kappa shape index (κ2) is 3.56. The van der Waals surface area contributed by atoms with E-state index >= 15 is 0 Å². The fraction of sp³-hybridized carbons (Fsp3) is 0.750. The molecule has 0 saturated carbocycles. The maximum atomic E-state index is 11.0. The van der Waals surface area contributed by atoms with Crippen molar-refractivity contribution in [2.24, 2.45) is 0 Å². The first-order valence-electron chi connectivity index (χ1n) is 3.97. The molecule has 0 aromatic carbocycles. The zero-order valence-electron chi connectivity index (χ0n) is 7.37. The Balaban J connectivity index is 2.44. The summed E-state index contributed by atoms with van der Waals surface area (Å²) in [7, 11) is 3.09. The summed E-state index contributed by atoms with van der Waals surface area (Å²) in [5.74, 6) is -0.134. The third-order valence-electron chi connectivity index (χ3n) is 2.26. The smallest absolute Gasteiger partial charge is 0.307 e. The molecule has 0 unspecified atom stereocenters. The highest BCUT2D eigenvalue weighted by Crippen LogP contribution is 2.19. The molecule has 1 atom stereocenters. The normalized spacial score (nSPS) is 23.0. The molecular formula is C8H13NO3. The van der Waals surface area contributed by atoms with Crippen molar-refractivity contribution >= 4 is 11.9 Å². The summed E-state index contributed by atoms with van der Waals surface area (Å²) in [4.78, 5) is 23.5. The van der Waals surface area contributed by atoms with Gasteiger partial charge in [0.25, 0.3) is 0 Å². The summed E-state index contributed by atoms with van der Waals surface area (Å²) in [6.07, 6.45) is 1.64. The molecule has 4 nitrogen and oxygen atoms in total. The van der Waals surface area contributed by atoms with Crippen molar-refractivity contribution in [2.45, 2.75) is 25.3 Å². The Morgan fingerprint density at radius 1 is 1.75 bits per heavy atom. The van der Waals surface area contributed by atoms with Crippen LogP contribution in [0.2, 0.25) is 0 Å². The highest BCUT2D eigenvalue weighted by atomic mass is 16.5. The van der Waals surface area contributed by atoms with Gasteiger partial charge in [0.1, 0.15) is 0 Å². The van der Waals surface area contributed by atoms with Crippen LogP contribution in [0.25, 0.3) is 0 Å². The Bertz CT molecular complexity index is 202. The quantitative estimate of drug-likeness (QED) is 0.556. The lowest BCUT2D eigenvalue weighted by molar-refractivity contribution is -0.142. The molecule has 1 aliphatic heterocycles. The Labute approximate surface area is 71.5 Å². The van der Waals surface area contributed by atoms with E-state index in [1.807, 2.05) is 0 Å². The predicted molar refractivity (Wildman–Crippen MR) is 42.4 cm³/mol. The first-order valence-corrected chi connectivity index (χ1v) is 3.97. The average Bonchev–Trinajstić information content (AvgIpc) is 2.36. The highest BCUT2D eigenvalue weighted by molar-refractivity contribution is 5.80. The number of esters is 1. The first kappa shape index (κ1) is 9.03. The van der Waals surface area contributed by atoms with Crippen LogP contribution in [-0.4, -0.2) is 37.0 Å². The van der Waals surface area contributed by atoms with Gasteiger partial charge in [-0.05, 0) is 6.42 Å². The number of ether oxygens (including phenoxy) is 1. The third kappa shape index (κ3) is 1.75. The van der Waals surface area contributed by atoms with Gasteiger partial charge in [0.05, 0.1) is 13.5 Å². The van der Waals surface area contributed by atoms with Crippen molar-refractivity contribution in [3.8, 4) is 0 Å². The van der Waals surface area contributed by atoms with E-state index in [1.54, 1.807) is 11.9 Å². The topological polar surface area (TPSA) is 46.6 Å². The Morgan fingerprint density at radius 2 is 2.42 bits per heavy atom. The minimum Gasteiger partial charge on any atom is -0.469 e. The second-order valence-electron chi connectivity index (χ2n) is 2.98. The van der Waals surface area contributed by atoms with Crippen molar-refractivity contribution in [1.82, 2.24) is 4.90 Å². The summed E-state index contributed by atoms with van der Waals surface area (Å²) in [5.41, 5.74) is 0. The van der Waals surface area contributed by atoms with Crippen molar-refractivity contribution in [3.63, 3.8) is 0 Å². The fourth-order valence-corrected chi connectivity index (χ4v) is 1.38. The zero-order valence-corrected chi connectivity index (χ0v) is 7.37. The molecule has 0 bridgehead atoms. The SMILES string of the molecule is COC(=O)C[C@H]1CCC(=O)N1C. The summed E-state index contributed by atoms with van der Waals surface area (Å²) in [6.45, 7) is 0. The lowest BCUT2D eigenvalue weighted by Crippen LogP contribution is -2.30. The van der Waals surface area contributed by atoms with E-state index in [1.165, 1.54) is 7.11 Å². The number of carbonyl (C=O) groups is 2. The molecule has 0 aromatic rings. The zero-order chi connectivity index (χ0) is 9.14. The number of methoxy groups -OCH3 is 1. The van der Waals surface area contributed by atoms with Gasteiger partial charge in [0.15, 0.2) is 0 Å². The largest absolute Gasteiger partial charge is 0.469 e. The number of amides is 1. The monoisotopic (exact) mass is 171 g/mol. The molecule has 1 saturated heterocycles. The van der Waals surface area contributed by atoms with Crippen LogP contribution in [-0.2, 0) is 14.3 Å². The van der Waals surface area contributed by atoms with Crippen molar-refractivity contribution in [1.29, 1.82) is 0 Å². The van der Waals surface area contributed by atoms with Crippen LogP contribution in [0.1, 0.15) is 19.3 Å². The number of rotatable bonds is 2. The van der Waals surface area contributed by atoms with Gasteiger partial charge in [-0.25, -0.2) is 0 Å². The van der Waals surface area contributed by atoms with Crippen molar-refractivity contribution in [2.75, 3.05) is 14.2 Å². The molecule has 0 aliphatic carbocycles. The van der Waals surface area contributed by atoms with Gasteiger partial charge in [0, 0.05) is 19.5 Å². The van der Waals surface area contributed by atoms with Crippen LogP contribution in [0.3, 0.4) is 0 Å². The number of hydrogen-bond donors (Lipinski definition) is 0. The molecular weight excluding hydrogens is 158 g/mol. The van der Waals surface area contributed by atoms with E-state index in [-0.39, 0.29) is 17.9 Å². The lowest BCUT2D eigenvalue weighted by Gasteiger charge is -2.17. The highest BCUT2D eigenvalue weighted by Gasteiger charge is 2.29. The molecule has 1 amide bonds. The molecule has 1 fully saturated rings. The third-order valence-corrected chi connectivity index (χ3v) is 2.26. The Kier molecular flexibility index (Phi) is 2.68. The molecule has 4 heteroatoms. The minimum atomic E-state index is -0.249. The van der Waals surface area contributed by atoms with Gasteiger partial charge in [-0.1, -0.05) is 0 Å². The Hall–Kier alpha value is -1.06. The molecule has 1 aliphatic rings. The van der Waals surface area contributed by atoms with Crippen LogP contribution in [0.15, 0.2) is 0 Å². The second-order valence-corrected chi connectivity index (χ2v) is 2.98. The summed E-state index contributed by atoms with van der Waals surface area (Å²) >= 11 is 0. The molecule has 1 rings (SSSR count). The molecule has 0 aromatic heterocycles. The van der Waals surface area contributed by atoms with E-state index in [0.29, 0.717) is 12.8 Å². The summed E-state index contributed by atoms with van der Waals surface area (Å²) in [6, 6.07) is 0.0462. The van der Waals surface area contributed by atoms with E-state index in [0.717, 1.165) is 6.42 Å². The standard InChI is InChI=1S/C8H13NO3/c1-9-6(3-4-7(9)10)5-8(11)12-2/h6H,3-5H2,1-2H3/t6-/m1/s1. The van der Waals surface area contributed by atoms with Gasteiger partial charge in [0.2, 0.25) is 5.91 Å². The van der Waals surface area contributed by atoms with Gasteiger partial charge >= 0.3 is 5.97 Å². The van der Waals surface area contributed by atoms with Crippen LogP contribution in [0, 0.1) is 0 Å². The number of hydrogen-bond acceptors (Lipinski definition) is 3. The number of nitrogens with zero attached hydrogens (tertiary/aromatic N) is 1. The molecule has 12 heavy (non-hydrogen) atoms. The van der Waals surface area contributed by atoms with E-state index in [2.05, 4.69) is 4.74 Å².